The molecule has 604 valence electrons. The second-order valence-electron chi connectivity index (χ2n) is 33.5. The third-order valence-electron chi connectivity index (χ3n) is 24.1. The fraction of sp³-hybridized carbons (Fsp3) is 0.596. The Balaban J connectivity index is 0.000000235. The van der Waals surface area contributed by atoms with Gasteiger partial charge in [-0.25, -0.2) is 8.42 Å². The van der Waals surface area contributed by atoms with Crippen LogP contribution in [0.25, 0.3) is 0 Å². The van der Waals surface area contributed by atoms with Crippen LogP contribution in [-0.2, 0) is 63.9 Å². The zero-order chi connectivity index (χ0) is 82.2. The van der Waals surface area contributed by atoms with Crippen LogP contribution in [-0.4, -0.2) is 88.0 Å². The topological polar surface area (TPSA) is 235 Å². The third-order valence-corrected chi connectivity index (χ3v) is 27.3. The van der Waals surface area contributed by atoms with Gasteiger partial charge in [-0.15, -0.1) is 0 Å². The van der Waals surface area contributed by atoms with E-state index in [9.17, 15) is 55.6 Å². The number of fused-ring (bicyclic) bond motifs is 9. The van der Waals surface area contributed by atoms with Crippen LogP contribution in [0.1, 0.15) is 258 Å². The van der Waals surface area contributed by atoms with Crippen molar-refractivity contribution in [2.45, 2.75) is 291 Å². The molecule has 4 saturated carbocycles. The van der Waals surface area contributed by atoms with Crippen LogP contribution in [0.3, 0.4) is 0 Å². The fourth-order valence-corrected chi connectivity index (χ4v) is 16.5. The summed E-state index contributed by atoms with van der Waals surface area (Å²) in [7, 11) is -5.87. The van der Waals surface area contributed by atoms with Crippen LogP contribution >= 0.6 is 0 Å². The number of Topliss-reactive ketones (excluding diaryl/α,β-unsaturated/α-hetero) is 1. The minimum atomic E-state index is -5.86. The highest BCUT2D eigenvalue weighted by molar-refractivity contribution is 7.97. The van der Waals surface area contributed by atoms with Crippen molar-refractivity contribution < 1.29 is 84.0 Å². The van der Waals surface area contributed by atoms with Crippen molar-refractivity contribution in [1.29, 1.82) is 0 Å². The second-order valence-corrected chi connectivity index (χ2v) is 36.9. The molecule has 12 unspecified atom stereocenters. The maximum atomic E-state index is 13.0. The van der Waals surface area contributed by atoms with E-state index in [4.69, 9.17) is 23.7 Å². The summed E-state index contributed by atoms with van der Waals surface area (Å²) in [5.41, 5.74) is -1.98. The van der Waals surface area contributed by atoms with E-state index in [0.717, 1.165) is 61.0 Å². The van der Waals surface area contributed by atoms with Gasteiger partial charge in [0, 0.05) is 5.92 Å². The molecule has 0 radical (unpaired) electrons. The molecule has 5 aromatic rings. The van der Waals surface area contributed by atoms with E-state index in [2.05, 4.69) is 168 Å². The maximum Gasteiger partial charge on any atom is 0.369 e. The molecule has 20 heteroatoms. The molecule has 1 aliphatic heterocycles. The van der Waals surface area contributed by atoms with Gasteiger partial charge in [-0.1, -0.05) is 122 Å². The predicted octanol–water partition coefficient (Wildman–Crippen LogP) is 21.1. The lowest BCUT2D eigenvalue weighted by Crippen LogP contribution is -2.49. The van der Waals surface area contributed by atoms with Crippen LogP contribution < -0.4 is 9.47 Å². The first-order valence-electron chi connectivity index (χ1n) is 39.1. The van der Waals surface area contributed by atoms with Gasteiger partial charge in [0.25, 0.3) is 0 Å². The lowest BCUT2D eigenvalue weighted by atomic mass is 9.65. The number of ketones is 1. The molecule has 1 saturated heterocycles. The van der Waals surface area contributed by atoms with Gasteiger partial charge in [0.15, 0.2) is 42.3 Å². The van der Waals surface area contributed by atoms with E-state index in [1.807, 2.05) is 41.5 Å². The number of phenolic OH excluding ortho intramolecular Hbond substituents is 1. The number of alkyl halides is 2. The van der Waals surface area contributed by atoms with Crippen molar-refractivity contribution in [3.63, 3.8) is 0 Å². The number of carbonyl (C=O) groups is 6. The lowest BCUT2D eigenvalue weighted by Gasteiger charge is -2.46. The first kappa shape index (κ1) is 92.4. The Morgan fingerprint density at radius 1 is 0.606 bits per heavy atom. The Morgan fingerprint density at radius 2 is 1.05 bits per heavy atom. The third kappa shape index (κ3) is 23.3. The number of halogens is 2. The van der Waals surface area contributed by atoms with Crippen molar-refractivity contribution in [2.75, 3.05) is 0 Å². The molecule has 4 bridgehead atoms. The number of esters is 5. The molecular weight excluding hydrogens is 1430 g/mol. The van der Waals surface area contributed by atoms with Crippen molar-refractivity contribution >= 4 is 56.6 Å². The summed E-state index contributed by atoms with van der Waals surface area (Å²) in [5.74, 6) is 4.55. The normalized spacial score (nSPS) is 23.1. The molecule has 12 atom stereocenters. The number of cyclic esters (lactones) is 1. The Hall–Kier alpha value is -7.16. The van der Waals surface area contributed by atoms with Gasteiger partial charge in [-0.2, -0.15) is 8.78 Å². The van der Waals surface area contributed by atoms with Crippen LogP contribution in [0.15, 0.2) is 148 Å². The quantitative estimate of drug-likeness (QED) is 0.0115. The molecule has 1 N–H and O–H groups in total. The molecule has 0 spiro atoms. The number of carbonyl (C=O) groups excluding carboxylic acids is 6. The average Bonchev–Trinajstić information content (AvgIpc) is 1.53. The number of benzene rings is 5. The number of aromatic hydroxyl groups is 1. The van der Waals surface area contributed by atoms with E-state index >= 15 is 0 Å². The van der Waals surface area contributed by atoms with Gasteiger partial charge in [-0.05, 0) is 289 Å². The van der Waals surface area contributed by atoms with Crippen LogP contribution in [0.4, 0.5) is 8.78 Å². The fourth-order valence-electron chi connectivity index (χ4n) is 13.9. The Kier molecular flexibility index (Phi) is 32.5. The summed E-state index contributed by atoms with van der Waals surface area (Å²) in [6, 6.07) is 44.9. The monoisotopic (exact) mass is 1550 g/mol. The van der Waals surface area contributed by atoms with Crippen molar-refractivity contribution in [1.82, 2.24) is 0 Å². The molecule has 1 heterocycles. The van der Waals surface area contributed by atoms with Crippen molar-refractivity contribution in [3.8, 4) is 17.2 Å². The van der Waals surface area contributed by atoms with Crippen LogP contribution in [0, 0.1) is 63.1 Å². The summed E-state index contributed by atoms with van der Waals surface area (Å²) in [5, 5.41) is 4.85. The van der Waals surface area contributed by atoms with E-state index in [1.165, 1.54) is 91.3 Å². The number of ether oxygens (including phenoxy) is 6. The molecule has 109 heavy (non-hydrogen) atoms. The first-order valence-corrected chi connectivity index (χ1v) is 41.7. The van der Waals surface area contributed by atoms with Gasteiger partial charge < -0.3 is 38.1 Å². The highest BCUT2D eigenvalue weighted by Gasteiger charge is 2.68. The van der Waals surface area contributed by atoms with E-state index in [0.29, 0.717) is 38.0 Å². The number of hydrogen-bond donors (Lipinski definition) is 1. The molecule has 5 fully saturated rings. The largest absolute Gasteiger partial charge is 0.743 e. The number of hydrogen-bond acceptors (Lipinski definition) is 16. The average molecular weight is 1550 g/mol. The zero-order valence-corrected chi connectivity index (χ0v) is 70.7. The van der Waals surface area contributed by atoms with Crippen molar-refractivity contribution in [3.05, 3.63) is 145 Å². The lowest BCUT2D eigenvalue weighted by molar-refractivity contribution is -0.183. The van der Waals surface area contributed by atoms with Gasteiger partial charge in [0.05, 0.1) is 44.0 Å². The van der Waals surface area contributed by atoms with Crippen LogP contribution in [0.2, 0.25) is 0 Å². The van der Waals surface area contributed by atoms with E-state index in [1.54, 1.807) is 41.5 Å². The number of phenols is 1. The zero-order valence-electron chi connectivity index (χ0n) is 69.1. The summed E-state index contributed by atoms with van der Waals surface area (Å²) < 4.78 is 89.4. The van der Waals surface area contributed by atoms with Crippen molar-refractivity contribution in [2.24, 2.45) is 63.1 Å². The number of rotatable bonds is 24. The molecule has 4 aliphatic carbocycles. The Bertz CT molecular complexity index is 3820. The Morgan fingerprint density at radius 3 is 1.46 bits per heavy atom. The molecule has 5 aliphatic rings. The summed E-state index contributed by atoms with van der Waals surface area (Å²) in [4.78, 5) is 74.9. The Labute approximate surface area is 653 Å². The van der Waals surface area contributed by atoms with Gasteiger partial charge in [-0.3, -0.25) is 28.8 Å². The summed E-state index contributed by atoms with van der Waals surface area (Å²) in [6.07, 6.45) is 9.94. The maximum absolute atomic E-state index is 13.0. The summed E-state index contributed by atoms with van der Waals surface area (Å²) in [6.45, 7) is 42.2. The SMILES string of the molecule is CCC(C)(C)C(=O)OC(C)C(F)(F)S(=O)(=O)[O-].CCC(C)(C)C(=O)OC1(C)C(C)OC(=O)C1C.CCC(C)(C)C(=O)OC1(CC)CC2CC1C1C3CCC(C3)C21.CCC(C)(C)C(=O)Oc1ccc(O)c(C(C)=O)c1.CCC(C)c1ccc(OC(C)(C)CC)cc1.c1ccc([S+](c2ccccc2)c2ccccc2)cc1. The first-order chi connectivity index (χ1) is 50.6. The van der Waals surface area contributed by atoms with E-state index in [-0.39, 0.29) is 74.2 Å². The summed E-state index contributed by atoms with van der Waals surface area (Å²) >= 11 is 0. The second kappa shape index (κ2) is 38.4. The predicted molar refractivity (Wildman–Crippen MR) is 424 cm³/mol. The highest BCUT2D eigenvalue weighted by atomic mass is 32.2. The molecule has 10 rings (SSSR count). The minimum absolute atomic E-state index is 0.0146. The van der Waals surface area contributed by atoms with Gasteiger partial charge >= 0.3 is 35.1 Å². The molecule has 0 aromatic heterocycles. The van der Waals surface area contributed by atoms with Crippen LogP contribution in [0.5, 0.6) is 17.2 Å². The molecular formula is C89H126F2O16S2. The molecule has 5 aromatic carbocycles. The molecule has 0 amide bonds. The van der Waals surface area contributed by atoms with Gasteiger partial charge in [0.1, 0.15) is 34.6 Å². The smallest absolute Gasteiger partial charge is 0.369 e. The van der Waals surface area contributed by atoms with Gasteiger partial charge in [0.2, 0.25) is 0 Å². The highest BCUT2D eigenvalue weighted by Crippen LogP contribution is 2.71. The standard InChI is InChI=1S/C20H32O2.C18H15S.C15H24O.C14H18O4.C13H22O4.C9H16F2O5S/c1-5-19(3,4)18(21)22-20(6-2)11-14-10-15(20)17-13-8-7-12(9-13)16(14)17;1-4-10-16(11-5-1)19(17-12-6-2-7-13-17)18-14-8-3-9-15-18;1-6-12(3)13-8-10-14(11-9-13)16-15(4,5)7-2;1-5-14(3,4)13(17)18-10-6-7-12(16)11(8-10)9(2)15;1-7-12(4,5)11(15)17-13(6)8(2)10(14)16-9(13)3;1-5-8(3,4)7(12)16-6(2)9(10,11)17(13,14)15/h12-17H,5-11H2,1-4H3;1-15H;8-12H,6-7H2,1-5H3;6-8,16H,5H2,1-4H3;8-9H,7H2,1-6H3;6H,5H2,1-4H3,(H,13,14,15)/q;+1;;;;/p-1. The minimum Gasteiger partial charge on any atom is -0.743 e. The van der Waals surface area contributed by atoms with E-state index < -0.39 is 61.3 Å². The molecule has 16 nitrogen and oxygen atoms in total.